The lowest BCUT2D eigenvalue weighted by atomic mass is 10.1. The first-order chi connectivity index (χ1) is 8.47. The summed E-state index contributed by atoms with van der Waals surface area (Å²) in [6.07, 6.45) is 1.72. The molecule has 1 aromatic heterocycles. The van der Waals surface area contributed by atoms with Crippen LogP contribution in [0.25, 0.3) is 0 Å². The molecule has 2 rings (SSSR count). The monoisotopic (exact) mass is 388 g/mol. The van der Waals surface area contributed by atoms with E-state index in [0.717, 1.165) is 25.8 Å². The number of pyridine rings is 1. The Morgan fingerprint density at radius 3 is 2.22 bits per heavy atom. The van der Waals surface area contributed by atoms with E-state index in [1.165, 1.54) is 0 Å². The Morgan fingerprint density at radius 2 is 1.67 bits per heavy atom. The van der Waals surface area contributed by atoms with Crippen LogP contribution >= 0.6 is 43.5 Å². The van der Waals surface area contributed by atoms with E-state index >= 15 is 0 Å². The van der Waals surface area contributed by atoms with Gasteiger partial charge in [-0.2, -0.15) is 0 Å². The van der Waals surface area contributed by atoms with Crippen LogP contribution in [0.4, 0.5) is 11.5 Å². The van der Waals surface area contributed by atoms with Gasteiger partial charge in [-0.25, -0.2) is 4.98 Å². The number of aromatic nitrogens is 1. The molecule has 1 heterocycles. The average Bonchev–Trinajstić information content (AvgIpc) is 2.25. The van der Waals surface area contributed by atoms with Crippen molar-refractivity contribution in [3.05, 3.63) is 49.5 Å². The van der Waals surface area contributed by atoms with Crippen molar-refractivity contribution in [2.75, 3.05) is 5.32 Å². The third-order valence-electron chi connectivity index (χ3n) is 2.55. The molecule has 0 atom stereocenters. The molecule has 0 aliphatic heterocycles. The van der Waals surface area contributed by atoms with Gasteiger partial charge in [0.1, 0.15) is 5.82 Å². The van der Waals surface area contributed by atoms with E-state index < -0.39 is 0 Å². The van der Waals surface area contributed by atoms with Gasteiger partial charge in [0.25, 0.3) is 0 Å². The van der Waals surface area contributed by atoms with Crippen LogP contribution in [0.5, 0.6) is 0 Å². The lowest BCUT2D eigenvalue weighted by molar-refractivity contribution is 1.26. The maximum absolute atomic E-state index is 6.15. The summed E-state index contributed by atoms with van der Waals surface area (Å²) in [6, 6.07) is 5.94. The SMILES string of the molecule is Cc1cc(Br)cc(C)c1Nc1ncc(Br)cc1Cl. The molecule has 0 fully saturated rings. The highest BCUT2D eigenvalue weighted by molar-refractivity contribution is 9.10. The minimum Gasteiger partial charge on any atom is -0.339 e. The van der Waals surface area contributed by atoms with E-state index in [4.69, 9.17) is 11.6 Å². The standard InChI is InChI=1S/C13H11Br2ClN2/c1-7-3-9(14)4-8(2)12(7)18-13-11(16)5-10(15)6-17-13/h3-6H,1-2H3,(H,17,18). The van der Waals surface area contributed by atoms with Crippen molar-refractivity contribution in [3.8, 4) is 0 Å². The third kappa shape index (κ3) is 3.05. The van der Waals surface area contributed by atoms with Gasteiger partial charge in [-0.1, -0.05) is 27.5 Å². The van der Waals surface area contributed by atoms with E-state index in [2.05, 4.69) is 54.3 Å². The highest BCUT2D eigenvalue weighted by Crippen LogP contribution is 2.31. The zero-order chi connectivity index (χ0) is 13.3. The predicted octanol–water partition coefficient (Wildman–Crippen LogP) is 5.62. The van der Waals surface area contributed by atoms with E-state index in [9.17, 15) is 0 Å². The smallest absolute Gasteiger partial charge is 0.149 e. The maximum Gasteiger partial charge on any atom is 0.149 e. The van der Waals surface area contributed by atoms with Crippen LogP contribution in [0.15, 0.2) is 33.3 Å². The lowest BCUT2D eigenvalue weighted by Gasteiger charge is -2.13. The number of benzene rings is 1. The molecule has 5 heteroatoms. The van der Waals surface area contributed by atoms with Gasteiger partial charge in [-0.15, -0.1) is 0 Å². The van der Waals surface area contributed by atoms with E-state index in [0.29, 0.717) is 10.8 Å². The first kappa shape index (κ1) is 13.8. The van der Waals surface area contributed by atoms with Gasteiger partial charge in [-0.3, -0.25) is 0 Å². The molecule has 1 aromatic carbocycles. The number of hydrogen-bond acceptors (Lipinski definition) is 2. The highest BCUT2D eigenvalue weighted by atomic mass is 79.9. The molecule has 0 aliphatic carbocycles. The van der Waals surface area contributed by atoms with Gasteiger partial charge < -0.3 is 5.32 Å². The summed E-state index contributed by atoms with van der Waals surface area (Å²) in [5, 5.41) is 3.87. The topological polar surface area (TPSA) is 24.9 Å². The van der Waals surface area contributed by atoms with Crippen molar-refractivity contribution in [2.45, 2.75) is 13.8 Å². The summed E-state index contributed by atoms with van der Waals surface area (Å²) in [5.41, 5.74) is 3.32. The largest absolute Gasteiger partial charge is 0.339 e. The van der Waals surface area contributed by atoms with Crippen molar-refractivity contribution in [1.82, 2.24) is 4.98 Å². The number of nitrogens with one attached hydrogen (secondary N) is 1. The van der Waals surface area contributed by atoms with E-state index in [1.54, 1.807) is 6.20 Å². The van der Waals surface area contributed by atoms with E-state index in [-0.39, 0.29) is 0 Å². The Balaban J connectivity index is 2.40. The Hall–Kier alpha value is -0.580. The van der Waals surface area contributed by atoms with Crippen molar-refractivity contribution >= 4 is 55.0 Å². The van der Waals surface area contributed by atoms with Crippen molar-refractivity contribution in [1.29, 1.82) is 0 Å². The Kier molecular flexibility index (Phi) is 4.30. The van der Waals surface area contributed by atoms with Crippen LogP contribution in [0.1, 0.15) is 11.1 Å². The van der Waals surface area contributed by atoms with Crippen LogP contribution in [0, 0.1) is 13.8 Å². The number of anilines is 2. The second kappa shape index (κ2) is 5.59. The van der Waals surface area contributed by atoms with Crippen LogP contribution in [0.2, 0.25) is 5.02 Å². The van der Waals surface area contributed by atoms with Crippen LogP contribution < -0.4 is 5.32 Å². The predicted molar refractivity (Wildman–Crippen MR) is 83.8 cm³/mol. The fourth-order valence-corrected chi connectivity index (χ4v) is 3.10. The van der Waals surface area contributed by atoms with Crippen LogP contribution in [-0.2, 0) is 0 Å². The fraction of sp³-hybridized carbons (Fsp3) is 0.154. The molecule has 0 bridgehead atoms. The summed E-state index contributed by atoms with van der Waals surface area (Å²) in [5.74, 6) is 0.661. The van der Waals surface area contributed by atoms with Gasteiger partial charge in [0, 0.05) is 20.8 Å². The minimum atomic E-state index is 0.589. The van der Waals surface area contributed by atoms with Crippen molar-refractivity contribution < 1.29 is 0 Å². The molecule has 0 spiro atoms. The third-order valence-corrected chi connectivity index (χ3v) is 3.73. The van der Waals surface area contributed by atoms with E-state index in [1.807, 2.05) is 19.9 Å². The molecule has 0 radical (unpaired) electrons. The Labute approximate surface area is 128 Å². The summed E-state index contributed by atoms with van der Waals surface area (Å²) < 4.78 is 1.93. The highest BCUT2D eigenvalue weighted by Gasteiger charge is 2.08. The first-order valence-corrected chi connectivity index (χ1v) is 7.28. The second-order valence-corrected chi connectivity index (χ2v) is 6.26. The second-order valence-electron chi connectivity index (χ2n) is 4.02. The van der Waals surface area contributed by atoms with Crippen LogP contribution in [0.3, 0.4) is 0 Å². The molecule has 0 aliphatic rings. The molecule has 18 heavy (non-hydrogen) atoms. The number of rotatable bonds is 2. The number of nitrogens with zero attached hydrogens (tertiary/aromatic N) is 1. The van der Waals surface area contributed by atoms with Gasteiger partial charge in [-0.05, 0) is 59.1 Å². The molecular weight excluding hydrogens is 379 g/mol. The molecule has 0 saturated carbocycles. The van der Waals surface area contributed by atoms with Gasteiger partial charge in [0.05, 0.1) is 5.02 Å². The summed E-state index contributed by atoms with van der Waals surface area (Å²) >= 11 is 13.0. The molecule has 1 N–H and O–H groups in total. The lowest BCUT2D eigenvalue weighted by Crippen LogP contribution is -1.99. The molecule has 0 unspecified atom stereocenters. The molecule has 0 saturated heterocycles. The number of aryl methyl sites for hydroxylation is 2. The Morgan fingerprint density at radius 1 is 1.06 bits per heavy atom. The summed E-state index contributed by atoms with van der Waals surface area (Å²) in [6.45, 7) is 4.10. The van der Waals surface area contributed by atoms with Crippen molar-refractivity contribution in [3.63, 3.8) is 0 Å². The Bertz CT molecular complexity index is 577. The van der Waals surface area contributed by atoms with Crippen LogP contribution in [-0.4, -0.2) is 4.98 Å². The van der Waals surface area contributed by atoms with Gasteiger partial charge >= 0.3 is 0 Å². The summed E-state index contributed by atoms with van der Waals surface area (Å²) in [4.78, 5) is 4.28. The number of halogens is 3. The fourth-order valence-electron chi connectivity index (χ4n) is 1.73. The quantitative estimate of drug-likeness (QED) is 0.720. The maximum atomic E-state index is 6.15. The zero-order valence-electron chi connectivity index (χ0n) is 9.89. The molecular formula is C13H11Br2ClN2. The van der Waals surface area contributed by atoms with Gasteiger partial charge in [0.15, 0.2) is 0 Å². The minimum absolute atomic E-state index is 0.589. The first-order valence-electron chi connectivity index (χ1n) is 5.32. The van der Waals surface area contributed by atoms with Gasteiger partial charge in [0.2, 0.25) is 0 Å². The summed E-state index contributed by atoms with van der Waals surface area (Å²) in [7, 11) is 0. The molecule has 2 aromatic rings. The average molecular weight is 391 g/mol. The van der Waals surface area contributed by atoms with Crippen molar-refractivity contribution in [2.24, 2.45) is 0 Å². The zero-order valence-corrected chi connectivity index (χ0v) is 13.8. The normalized spacial score (nSPS) is 10.5. The molecule has 94 valence electrons. The number of hydrogen-bond donors (Lipinski definition) is 1. The molecule has 2 nitrogen and oxygen atoms in total. The molecule has 0 amide bonds.